The average Bonchev–Trinajstić information content (AvgIpc) is 2.33. The van der Waals surface area contributed by atoms with Crippen LogP contribution >= 0.6 is 11.6 Å². The fraction of sp³-hybridized carbons (Fsp3) is 0.571. The van der Waals surface area contributed by atoms with Crippen LogP contribution in [0.25, 0.3) is 0 Å². The molecule has 0 unspecified atom stereocenters. The number of hydrogen-bond acceptors (Lipinski definition) is 2. The zero-order valence-corrected chi connectivity index (χ0v) is 11.1. The highest BCUT2D eigenvalue weighted by atomic mass is 35.5. The topological polar surface area (TPSA) is 29.5 Å². The van der Waals surface area contributed by atoms with Crippen molar-refractivity contribution >= 4 is 11.6 Å². The van der Waals surface area contributed by atoms with Gasteiger partial charge in [-0.3, -0.25) is 0 Å². The summed E-state index contributed by atoms with van der Waals surface area (Å²) in [6.45, 7) is 1.97. The van der Waals surface area contributed by atoms with Gasteiger partial charge in [0.25, 0.3) is 0 Å². The molecule has 0 spiro atoms. The van der Waals surface area contributed by atoms with Crippen molar-refractivity contribution in [3.63, 3.8) is 0 Å². The van der Waals surface area contributed by atoms with Crippen LogP contribution in [0.15, 0.2) is 18.2 Å². The van der Waals surface area contributed by atoms with E-state index in [1.807, 2.05) is 25.1 Å². The fourth-order valence-electron chi connectivity index (χ4n) is 2.48. The maximum Gasteiger partial charge on any atom is 0.0899 e. The van der Waals surface area contributed by atoms with E-state index >= 15 is 0 Å². The van der Waals surface area contributed by atoms with Crippen LogP contribution in [0.3, 0.4) is 0 Å². The monoisotopic (exact) mass is 254 g/mol. The maximum absolute atomic E-state index is 10.7. The number of aliphatic hydroxyl groups is 1. The van der Waals surface area contributed by atoms with E-state index in [0.717, 1.165) is 41.8 Å². The second-order valence-corrected chi connectivity index (χ2v) is 5.34. The van der Waals surface area contributed by atoms with E-state index in [2.05, 4.69) is 0 Å². The largest absolute Gasteiger partial charge is 0.385 e. The zero-order valence-electron chi connectivity index (χ0n) is 10.4. The van der Waals surface area contributed by atoms with Gasteiger partial charge in [0, 0.05) is 12.1 Å². The number of benzene rings is 1. The van der Waals surface area contributed by atoms with E-state index < -0.39 is 5.60 Å². The summed E-state index contributed by atoms with van der Waals surface area (Å²) in [4.78, 5) is 0. The molecule has 17 heavy (non-hydrogen) atoms. The summed E-state index contributed by atoms with van der Waals surface area (Å²) < 4.78 is 5.33. The minimum absolute atomic E-state index is 0.288. The van der Waals surface area contributed by atoms with Crippen molar-refractivity contribution in [1.82, 2.24) is 0 Å². The van der Waals surface area contributed by atoms with Gasteiger partial charge in [0.15, 0.2) is 0 Å². The summed E-state index contributed by atoms with van der Waals surface area (Å²) in [6, 6.07) is 5.84. The van der Waals surface area contributed by atoms with Gasteiger partial charge < -0.3 is 9.84 Å². The molecule has 1 N–H and O–H groups in total. The molecule has 1 aromatic carbocycles. The van der Waals surface area contributed by atoms with E-state index in [-0.39, 0.29) is 6.10 Å². The minimum atomic E-state index is -0.730. The number of hydrogen-bond donors (Lipinski definition) is 1. The van der Waals surface area contributed by atoms with Crippen LogP contribution in [-0.4, -0.2) is 18.3 Å². The Morgan fingerprint density at radius 2 is 2.00 bits per heavy atom. The molecule has 1 aliphatic carbocycles. The van der Waals surface area contributed by atoms with Gasteiger partial charge >= 0.3 is 0 Å². The second kappa shape index (κ2) is 4.97. The van der Waals surface area contributed by atoms with Crippen molar-refractivity contribution < 1.29 is 9.84 Å². The highest BCUT2D eigenvalue weighted by Gasteiger charge is 2.34. The fourth-order valence-corrected chi connectivity index (χ4v) is 2.66. The molecular weight excluding hydrogens is 236 g/mol. The summed E-state index contributed by atoms with van der Waals surface area (Å²) in [6.07, 6.45) is 3.57. The Bertz CT molecular complexity index is 395. The summed E-state index contributed by atoms with van der Waals surface area (Å²) in [7, 11) is 1.73. The van der Waals surface area contributed by atoms with Crippen LogP contribution in [0.4, 0.5) is 0 Å². The molecule has 0 bridgehead atoms. The smallest absolute Gasteiger partial charge is 0.0899 e. The van der Waals surface area contributed by atoms with Crippen molar-refractivity contribution in [2.75, 3.05) is 7.11 Å². The molecule has 0 atom stereocenters. The number of ether oxygens (including phenoxy) is 1. The molecule has 2 rings (SSSR count). The quantitative estimate of drug-likeness (QED) is 0.876. The molecule has 1 fully saturated rings. The van der Waals surface area contributed by atoms with Crippen LogP contribution in [-0.2, 0) is 10.3 Å². The van der Waals surface area contributed by atoms with Gasteiger partial charge in [-0.05, 0) is 49.8 Å². The SMILES string of the molecule is COC1CCC(O)(c2ccc(C)c(Cl)c2)CC1. The number of halogens is 1. The number of rotatable bonds is 2. The molecule has 1 saturated carbocycles. The minimum Gasteiger partial charge on any atom is -0.385 e. The molecule has 0 aromatic heterocycles. The number of aryl methyl sites for hydroxylation is 1. The Balaban J connectivity index is 2.18. The lowest BCUT2D eigenvalue weighted by molar-refractivity contribution is -0.0474. The van der Waals surface area contributed by atoms with Gasteiger partial charge in [-0.25, -0.2) is 0 Å². The van der Waals surface area contributed by atoms with Gasteiger partial charge in [-0.1, -0.05) is 23.7 Å². The number of methoxy groups -OCH3 is 1. The molecule has 94 valence electrons. The van der Waals surface area contributed by atoms with Crippen molar-refractivity contribution in [2.45, 2.75) is 44.3 Å². The van der Waals surface area contributed by atoms with Crippen LogP contribution < -0.4 is 0 Å². The average molecular weight is 255 g/mol. The first kappa shape index (κ1) is 12.9. The van der Waals surface area contributed by atoms with Gasteiger partial charge in [-0.2, -0.15) is 0 Å². The van der Waals surface area contributed by atoms with Crippen LogP contribution in [0.1, 0.15) is 36.8 Å². The lowest BCUT2D eigenvalue weighted by Crippen LogP contribution is -2.34. The zero-order chi connectivity index (χ0) is 12.5. The Kier molecular flexibility index (Phi) is 3.76. The lowest BCUT2D eigenvalue weighted by atomic mass is 9.78. The van der Waals surface area contributed by atoms with Crippen LogP contribution in [0.2, 0.25) is 5.02 Å². The first-order valence-electron chi connectivity index (χ1n) is 6.07. The van der Waals surface area contributed by atoms with Gasteiger partial charge in [0.2, 0.25) is 0 Å². The van der Waals surface area contributed by atoms with E-state index in [1.165, 1.54) is 0 Å². The molecule has 0 aliphatic heterocycles. The van der Waals surface area contributed by atoms with Crippen LogP contribution in [0.5, 0.6) is 0 Å². The third-order valence-corrected chi connectivity index (χ3v) is 4.21. The molecule has 1 aromatic rings. The third-order valence-electron chi connectivity index (χ3n) is 3.80. The summed E-state index contributed by atoms with van der Waals surface area (Å²) in [5.74, 6) is 0. The first-order chi connectivity index (χ1) is 8.05. The van der Waals surface area contributed by atoms with E-state index in [9.17, 15) is 5.11 Å². The van der Waals surface area contributed by atoms with E-state index in [0.29, 0.717) is 0 Å². The first-order valence-corrected chi connectivity index (χ1v) is 6.45. The van der Waals surface area contributed by atoms with Crippen molar-refractivity contribution in [1.29, 1.82) is 0 Å². The summed E-state index contributed by atoms with van der Waals surface area (Å²) >= 11 is 6.12. The Labute approximate surface area is 108 Å². The van der Waals surface area contributed by atoms with Crippen molar-refractivity contribution in [3.8, 4) is 0 Å². The normalized spacial score (nSPS) is 29.3. The van der Waals surface area contributed by atoms with Gasteiger partial charge in [0.1, 0.15) is 0 Å². The van der Waals surface area contributed by atoms with Crippen molar-refractivity contribution in [2.24, 2.45) is 0 Å². The standard InChI is InChI=1S/C14H19ClO2/c1-10-3-4-11(9-13(10)15)14(16)7-5-12(17-2)6-8-14/h3-4,9,12,16H,5-8H2,1-2H3. The summed E-state index contributed by atoms with van der Waals surface area (Å²) in [5.41, 5.74) is 1.25. The highest BCUT2D eigenvalue weighted by molar-refractivity contribution is 6.31. The molecule has 0 heterocycles. The molecular formula is C14H19ClO2. The Morgan fingerprint density at radius 3 is 2.53 bits per heavy atom. The second-order valence-electron chi connectivity index (χ2n) is 4.93. The Hall–Kier alpha value is -0.570. The van der Waals surface area contributed by atoms with Crippen LogP contribution in [0, 0.1) is 6.92 Å². The molecule has 0 radical (unpaired) electrons. The predicted molar refractivity (Wildman–Crippen MR) is 69.4 cm³/mol. The maximum atomic E-state index is 10.7. The van der Waals surface area contributed by atoms with E-state index in [4.69, 9.17) is 16.3 Å². The summed E-state index contributed by atoms with van der Waals surface area (Å²) in [5, 5.41) is 11.4. The van der Waals surface area contributed by atoms with Gasteiger partial charge in [-0.15, -0.1) is 0 Å². The van der Waals surface area contributed by atoms with Crippen molar-refractivity contribution in [3.05, 3.63) is 34.3 Å². The molecule has 2 nitrogen and oxygen atoms in total. The molecule has 0 saturated heterocycles. The third kappa shape index (κ3) is 2.65. The van der Waals surface area contributed by atoms with E-state index in [1.54, 1.807) is 7.11 Å². The molecule has 1 aliphatic rings. The Morgan fingerprint density at radius 1 is 1.35 bits per heavy atom. The molecule has 0 amide bonds. The highest BCUT2D eigenvalue weighted by Crippen LogP contribution is 2.38. The lowest BCUT2D eigenvalue weighted by Gasteiger charge is -2.36. The predicted octanol–water partition coefficient (Wildman–Crippen LogP) is 3.43. The van der Waals surface area contributed by atoms with Gasteiger partial charge in [0.05, 0.1) is 11.7 Å². The molecule has 3 heteroatoms.